The number of aryl methyl sites for hydroxylation is 4. The summed E-state index contributed by atoms with van der Waals surface area (Å²) in [5, 5.41) is 88.0. The number of carbonyl (C=O) groups is 3. The number of anilines is 3. The fourth-order valence-electron chi connectivity index (χ4n) is 15.0. The van der Waals surface area contributed by atoms with Gasteiger partial charge in [-0.25, -0.2) is 14.4 Å². The normalized spacial score (nSPS) is 10.7. The van der Waals surface area contributed by atoms with E-state index in [0.717, 1.165) is 138 Å². The number of para-hydroxylation sites is 7. The molecule has 8 heterocycles. The molecule has 7 aromatic heterocycles. The third-order valence-corrected chi connectivity index (χ3v) is 23.3. The number of nitro groups is 3. The Bertz CT molecular complexity index is 8080. The highest BCUT2D eigenvalue weighted by molar-refractivity contribution is 14.1. The van der Waals surface area contributed by atoms with E-state index in [2.05, 4.69) is 143 Å². The molecule has 0 fully saturated rings. The van der Waals surface area contributed by atoms with E-state index >= 15 is 0 Å². The molecule has 21 aromatic rings. The van der Waals surface area contributed by atoms with Gasteiger partial charge in [0.2, 0.25) is 0 Å². The van der Waals surface area contributed by atoms with Gasteiger partial charge < -0.3 is 41.6 Å². The van der Waals surface area contributed by atoms with Crippen LogP contribution in [0.25, 0.3) is 111 Å². The second-order valence-corrected chi connectivity index (χ2v) is 33.5. The van der Waals surface area contributed by atoms with Crippen LogP contribution in [0.4, 0.5) is 48.5 Å². The Morgan fingerprint density at radius 2 is 0.769 bits per heavy atom. The van der Waals surface area contributed by atoms with Crippen LogP contribution in [0.3, 0.4) is 0 Å². The minimum absolute atomic E-state index is 0.0700. The van der Waals surface area contributed by atoms with E-state index in [1.165, 1.54) is 65.0 Å². The van der Waals surface area contributed by atoms with Crippen molar-refractivity contribution in [1.82, 2.24) is 64.6 Å². The first kappa shape index (κ1) is 104. The average molecular weight is 2090 g/mol. The van der Waals surface area contributed by atoms with Crippen molar-refractivity contribution in [1.29, 1.82) is 0 Å². The van der Waals surface area contributed by atoms with Crippen molar-refractivity contribution >= 4 is 157 Å². The number of urea groups is 1. The summed E-state index contributed by atoms with van der Waals surface area (Å²) in [4.78, 5) is 76.3. The Kier molecular flexibility index (Phi) is 36.3. The van der Waals surface area contributed by atoms with Crippen LogP contribution < -0.4 is 42.4 Å². The number of nitrogens with zero attached hydrogens (tertiary/aromatic N) is 15. The fourth-order valence-corrected chi connectivity index (χ4v) is 15.8. The summed E-state index contributed by atoms with van der Waals surface area (Å²) in [7, 11) is 6.14. The van der Waals surface area contributed by atoms with Crippen LogP contribution in [-0.4, -0.2) is 112 Å². The number of fused-ring (bicyclic) bond motifs is 6. The molecule has 0 spiro atoms. The zero-order chi connectivity index (χ0) is 104. The van der Waals surface area contributed by atoms with Crippen molar-refractivity contribution in [2.45, 2.75) is 19.6 Å². The first-order chi connectivity index (χ1) is 71.3. The summed E-state index contributed by atoms with van der Waals surface area (Å²) in [6.07, 6.45) is 6.36. The number of nitrogen functional groups attached to an aromatic ring is 1. The fraction of sp³-hybridized carbons (Fsp3) is 0.0636. The summed E-state index contributed by atoms with van der Waals surface area (Å²) < 4.78 is 18.4. The lowest BCUT2D eigenvalue weighted by Crippen LogP contribution is -2.29. The first-order valence-corrected chi connectivity index (χ1v) is 46.8. The van der Waals surface area contributed by atoms with Crippen LogP contribution in [0.15, 0.2) is 406 Å². The number of aliphatic imine (C=N–C) groups is 1. The van der Waals surface area contributed by atoms with E-state index in [1.807, 2.05) is 259 Å². The van der Waals surface area contributed by atoms with E-state index < -0.39 is 33.4 Å². The molecule has 0 saturated heterocycles. The Hall–Kier alpha value is -18.6. The monoisotopic (exact) mass is 2090 g/mol. The van der Waals surface area contributed by atoms with Crippen molar-refractivity contribution in [3.8, 4) is 67.8 Å². The number of amides is 3. The highest BCUT2D eigenvalue weighted by atomic mass is 127. The van der Waals surface area contributed by atoms with E-state index in [4.69, 9.17) is 37.9 Å². The summed E-state index contributed by atoms with van der Waals surface area (Å²) in [6.45, 7) is 1.92. The molecule has 10 N–H and O–H groups in total. The molecule has 734 valence electrons. The number of pyridine rings is 2. The SMILES string of the molecule is Cn1nc(-c2ccc(N)cc2)c2ccccc21.Cn1nc(-c2ccc(NC(=O)NCc3ccncc3)cc2)c2ccccc21.Cn1nc(-c2ccc(NC(=O)Oc3ccccc3)cc2)c2ccccc21.Cn1nc(-c2ccc([N+](=O)[O-])cc2)c2ccccc21.IC1=NCc2ccccc21.NCc1ccncc1.O=C(Cl)Oc1ccccc1.O=[N+]([O-])c1ccc(-c2n[nH]c3ccccc23)cc1.O=[N+]([O-])c1ccc(B(O)O)cc1. The molecule has 1 aliphatic heterocycles. The smallest absolute Gasteiger partial charge is 0.423 e. The second kappa shape index (κ2) is 51.2. The number of carbonyl (C=O) groups excluding carboxylic acids is 3. The molecule has 147 heavy (non-hydrogen) atoms. The number of H-pyrrole nitrogens is 1. The molecular formula is C110H94BClIN21O13. The van der Waals surface area contributed by atoms with Gasteiger partial charge in [-0.3, -0.25) is 74.4 Å². The Morgan fingerprint density at radius 3 is 1.16 bits per heavy atom. The molecule has 0 aliphatic carbocycles. The topological polar surface area (TPSA) is 466 Å². The number of nitrogens with two attached hydrogens (primary N) is 2. The lowest BCUT2D eigenvalue weighted by atomic mass is 9.80. The van der Waals surface area contributed by atoms with Gasteiger partial charge in [0, 0.05) is 191 Å². The van der Waals surface area contributed by atoms with Gasteiger partial charge in [-0.2, -0.15) is 25.5 Å². The van der Waals surface area contributed by atoms with Gasteiger partial charge in [-0.05, 0) is 184 Å². The van der Waals surface area contributed by atoms with Crippen LogP contribution in [0.1, 0.15) is 22.3 Å². The number of nitrogens with one attached hydrogen (secondary N) is 4. The summed E-state index contributed by atoms with van der Waals surface area (Å²) in [5.74, 6) is 0.962. The van der Waals surface area contributed by atoms with Crippen molar-refractivity contribution in [2.24, 2.45) is 38.9 Å². The van der Waals surface area contributed by atoms with Gasteiger partial charge in [0.05, 0.1) is 54.6 Å². The maximum atomic E-state index is 12.1. The Labute approximate surface area is 860 Å². The van der Waals surface area contributed by atoms with Gasteiger partial charge >= 0.3 is 24.7 Å². The molecule has 0 bridgehead atoms. The predicted octanol–water partition coefficient (Wildman–Crippen LogP) is 22.5. The van der Waals surface area contributed by atoms with Crippen LogP contribution in [0, 0.1) is 30.3 Å². The molecule has 37 heteroatoms. The second-order valence-electron chi connectivity index (χ2n) is 32.1. The molecule has 0 atom stereocenters. The van der Waals surface area contributed by atoms with Crippen LogP contribution in [0.5, 0.6) is 11.5 Å². The number of aromatic nitrogens is 12. The van der Waals surface area contributed by atoms with Crippen molar-refractivity contribution in [3.63, 3.8) is 0 Å². The minimum atomic E-state index is -1.58. The number of nitro benzene ring substituents is 3. The van der Waals surface area contributed by atoms with Crippen LogP contribution >= 0.6 is 34.2 Å². The predicted molar refractivity (Wildman–Crippen MR) is 584 cm³/mol. The number of hydrogen-bond donors (Lipinski definition) is 8. The number of non-ortho nitro benzene ring substituents is 3. The van der Waals surface area contributed by atoms with Crippen LogP contribution in [-0.2, 0) is 47.8 Å². The number of ether oxygens (including phenoxy) is 2. The lowest BCUT2D eigenvalue weighted by Gasteiger charge is -2.08. The van der Waals surface area contributed by atoms with Crippen molar-refractivity contribution in [3.05, 3.63) is 453 Å². The third kappa shape index (κ3) is 28.6. The zero-order valence-corrected chi connectivity index (χ0v) is 82.2. The van der Waals surface area contributed by atoms with Gasteiger partial charge in [-0.1, -0.05) is 200 Å². The molecular weight excluding hydrogens is 2000 g/mol. The van der Waals surface area contributed by atoms with Crippen molar-refractivity contribution < 1.29 is 48.7 Å². The zero-order valence-electron chi connectivity index (χ0n) is 79.3. The van der Waals surface area contributed by atoms with Crippen molar-refractivity contribution in [2.75, 3.05) is 16.4 Å². The molecule has 22 rings (SSSR count). The highest BCUT2D eigenvalue weighted by Crippen LogP contribution is 2.35. The Balaban J connectivity index is 0.000000134. The molecule has 1 aliphatic rings. The largest absolute Gasteiger partial charge is 0.488 e. The van der Waals surface area contributed by atoms with E-state index in [0.29, 0.717) is 30.3 Å². The van der Waals surface area contributed by atoms with Gasteiger partial charge in [-0.15, -0.1) is 0 Å². The number of benzene rings is 14. The number of aromatic amines is 1. The average Bonchev–Trinajstić information content (AvgIpc) is 1.65. The standard InChI is InChI=1S/C21H19N5O.C21H17N3O2.C14H11N3O2.C14H13N3.C13H9N3O2.C8H6IN.C7H5ClO2.C6H6BNO4.C6H8N2/c1-26-19-5-3-2-4-18(19)20(25-26)16-6-8-17(9-7-16)24-21(27)23-14-15-10-12-22-13-11-15;1-24-19-10-6-5-9-18(19)20(23-24)15-11-13-16(14-12-15)22-21(25)26-17-7-3-2-4-8-17;1-16-13-5-3-2-4-12(13)14(15-16)10-6-8-11(9-7-10)17(18)19;1-17-13-5-3-2-4-12(13)14(16-17)10-6-8-11(15)9-7-10;17-16(18)10-7-5-9(6-8-10)13-11-3-1-2-4-12(11)14-15-13;9-8-7-4-2-1-3-6(7)5-10-8;8-7(9)10-6-4-2-1-3-5-6;9-7(10)5-1-3-6(4-2-5)8(11)12;7-5-6-1-3-8-4-2-6/h2-13H,14H2,1H3,(H2,23,24,27);2-14H,1H3,(H,22,25);2-9H,1H3;2-9H,15H2,1H3;1-8H,(H,14,15);1-4H,5H2;1-5H;1-4,9-10H;1-4H,5,7H2. The first-order valence-electron chi connectivity index (χ1n) is 45.3. The molecule has 14 aromatic carbocycles. The van der Waals surface area contributed by atoms with Gasteiger partial charge in [0.15, 0.2) is 0 Å². The highest BCUT2D eigenvalue weighted by Gasteiger charge is 2.20. The quantitative estimate of drug-likeness (QED) is 0.0111. The third-order valence-electron chi connectivity index (χ3n) is 22.3. The lowest BCUT2D eigenvalue weighted by molar-refractivity contribution is -0.385. The molecule has 0 saturated carbocycles. The number of hydrogen-bond acceptors (Lipinski definition) is 23. The molecule has 3 amide bonds. The maximum absolute atomic E-state index is 12.1. The minimum Gasteiger partial charge on any atom is -0.423 e. The Morgan fingerprint density at radius 1 is 0.422 bits per heavy atom. The maximum Gasteiger partial charge on any atom is 0.488 e. The summed E-state index contributed by atoms with van der Waals surface area (Å²) >= 11 is 7.22. The van der Waals surface area contributed by atoms with E-state index in [1.54, 1.807) is 85.5 Å². The van der Waals surface area contributed by atoms with E-state index in [9.17, 15) is 44.7 Å². The number of rotatable bonds is 16. The van der Waals surface area contributed by atoms with Gasteiger partial charge in [0.1, 0.15) is 38.0 Å². The molecule has 0 unspecified atom stereocenters. The van der Waals surface area contributed by atoms with Crippen LogP contribution in [0.2, 0.25) is 0 Å². The van der Waals surface area contributed by atoms with Gasteiger partial charge in [0.25, 0.3) is 17.1 Å². The number of halogens is 2. The summed E-state index contributed by atoms with van der Waals surface area (Å²) in [6, 6.07) is 114. The van der Waals surface area contributed by atoms with E-state index in [-0.39, 0.29) is 28.6 Å². The molecule has 34 nitrogen and oxygen atoms in total. The summed E-state index contributed by atoms with van der Waals surface area (Å²) in [5.41, 5.74) is 32.1. The molecule has 0 radical (unpaired) electrons.